The number of halogens is 2. The van der Waals surface area contributed by atoms with Gasteiger partial charge in [0, 0.05) is 6.42 Å². The molecule has 1 rings (SSSR count). The third kappa shape index (κ3) is 3.75. The zero-order chi connectivity index (χ0) is 11.3. The van der Waals surface area contributed by atoms with Gasteiger partial charge < -0.3 is 4.74 Å². The zero-order valence-electron chi connectivity index (χ0n) is 8.43. The SMILES string of the molecule is CCOc1cccc(CC(=O)CBr)c1I. The van der Waals surface area contributed by atoms with Gasteiger partial charge >= 0.3 is 0 Å². The molecule has 0 heterocycles. The summed E-state index contributed by atoms with van der Waals surface area (Å²) in [4.78, 5) is 11.3. The van der Waals surface area contributed by atoms with Crippen molar-refractivity contribution in [3.8, 4) is 5.75 Å². The summed E-state index contributed by atoms with van der Waals surface area (Å²) >= 11 is 5.38. The highest BCUT2D eigenvalue weighted by Gasteiger charge is 2.09. The lowest BCUT2D eigenvalue weighted by molar-refractivity contribution is -0.115. The Morgan fingerprint density at radius 2 is 2.27 bits per heavy atom. The van der Waals surface area contributed by atoms with Gasteiger partial charge in [0.2, 0.25) is 0 Å². The highest BCUT2D eigenvalue weighted by atomic mass is 127. The minimum atomic E-state index is 0.182. The largest absolute Gasteiger partial charge is 0.493 e. The van der Waals surface area contributed by atoms with Crippen molar-refractivity contribution >= 4 is 44.3 Å². The summed E-state index contributed by atoms with van der Waals surface area (Å²) in [6, 6.07) is 5.81. The molecular weight excluding hydrogens is 371 g/mol. The van der Waals surface area contributed by atoms with Gasteiger partial charge in [0.25, 0.3) is 0 Å². The maximum absolute atomic E-state index is 11.3. The molecule has 15 heavy (non-hydrogen) atoms. The molecule has 1 aromatic rings. The predicted octanol–water partition coefficient (Wildman–Crippen LogP) is 3.20. The summed E-state index contributed by atoms with van der Waals surface area (Å²) < 4.78 is 6.50. The molecule has 1 aromatic carbocycles. The Morgan fingerprint density at radius 3 is 2.87 bits per heavy atom. The second kappa shape index (κ2) is 6.48. The fraction of sp³-hybridized carbons (Fsp3) is 0.364. The van der Waals surface area contributed by atoms with E-state index < -0.39 is 0 Å². The highest BCUT2D eigenvalue weighted by molar-refractivity contribution is 14.1. The monoisotopic (exact) mass is 382 g/mol. The molecule has 0 amide bonds. The van der Waals surface area contributed by atoms with Crippen LogP contribution in [0.3, 0.4) is 0 Å². The van der Waals surface area contributed by atoms with Crippen LogP contribution in [0.4, 0.5) is 0 Å². The summed E-state index contributed by atoms with van der Waals surface area (Å²) in [7, 11) is 0. The minimum absolute atomic E-state index is 0.182. The van der Waals surface area contributed by atoms with Crippen LogP contribution in [0.25, 0.3) is 0 Å². The standard InChI is InChI=1S/C11H12BrIO2/c1-2-15-10-5-3-4-8(11(10)13)6-9(14)7-12/h3-5H,2,6-7H2,1H3. The normalized spacial score (nSPS) is 10.1. The summed E-state index contributed by atoms with van der Waals surface area (Å²) in [6.07, 6.45) is 0.463. The average Bonchev–Trinajstić information content (AvgIpc) is 2.24. The molecule has 82 valence electrons. The Bertz CT molecular complexity index is 352. The van der Waals surface area contributed by atoms with Crippen LogP contribution >= 0.6 is 38.5 Å². The van der Waals surface area contributed by atoms with Crippen LogP contribution < -0.4 is 4.74 Å². The first-order chi connectivity index (χ1) is 7.19. The molecule has 0 saturated carbocycles. The molecule has 0 N–H and O–H groups in total. The molecular formula is C11H12BrIO2. The van der Waals surface area contributed by atoms with E-state index in [2.05, 4.69) is 38.5 Å². The molecule has 0 radical (unpaired) electrons. The predicted molar refractivity (Wildman–Crippen MR) is 72.8 cm³/mol. The van der Waals surface area contributed by atoms with Crippen molar-refractivity contribution < 1.29 is 9.53 Å². The number of hydrogen-bond acceptors (Lipinski definition) is 2. The van der Waals surface area contributed by atoms with Crippen molar-refractivity contribution in [2.45, 2.75) is 13.3 Å². The van der Waals surface area contributed by atoms with Crippen LogP contribution in [0.15, 0.2) is 18.2 Å². The number of alkyl halides is 1. The molecule has 0 aliphatic heterocycles. The van der Waals surface area contributed by atoms with Gasteiger partial charge in [-0.05, 0) is 41.1 Å². The summed E-state index contributed by atoms with van der Waals surface area (Å²) in [5.74, 6) is 1.04. The fourth-order valence-corrected chi connectivity index (χ4v) is 2.12. The zero-order valence-corrected chi connectivity index (χ0v) is 12.2. The van der Waals surface area contributed by atoms with E-state index in [0.29, 0.717) is 18.4 Å². The topological polar surface area (TPSA) is 26.3 Å². The van der Waals surface area contributed by atoms with Crippen LogP contribution in [0.2, 0.25) is 0 Å². The lowest BCUT2D eigenvalue weighted by Gasteiger charge is -2.09. The number of ketones is 1. The second-order valence-corrected chi connectivity index (χ2v) is 4.65. The minimum Gasteiger partial charge on any atom is -0.493 e. The van der Waals surface area contributed by atoms with Crippen molar-refractivity contribution in [3.63, 3.8) is 0 Å². The maximum atomic E-state index is 11.3. The molecule has 0 spiro atoms. The summed E-state index contributed by atoms with van der Waals surface area (Å²) in [6.45, 7) is 2.60. The second-order valence-electron chi connectivity index (χ2n) is 3.01. The maximum Gasteiger partial charge on any atom is 0.147 e. The molecule has 0 fully saturated rings. The number of hydrogen-bond donors (Lipinski definition) is 0. The van der Waals surface area contributed by atoms with Crippen molar-refractivity contribution in [2.24, 2.45) is 0 Å². The van der Waals surface area contributed by atoms with Crippen molar-refractivity contribution in [1.29, 1.82) is 0 Å². The number of Topliss-reactive ketones (excluding diaryl/α,β-unsaturated/α-hetero) is 1. The lowest BCUT2D eigenvalue weighted by atomic mass is 10.1. The Hall–Kier alpha value is -0.100. The van der Waals surface area contributed by atoms with E-state index >= 15 is 0 Å². The first kappa shape index (κ1) is 13.0. The molecule has 0 saturated heterocycles. The van der Waals surface area contributed by atoms with Gasteiger partial charge in [0.05, 0.1) is 15.5 Å². The molecule has 4 heteroatoms. The Kier molecular flexibility index (Phi) is 5.60. The lowest BCUT2D eigenvalue weighted by Crippen LogP contribution is -2.06. The third-order valence-corrected chi connectivity index (χ3v) is 3.73. The summed E-state index contributed by atoms with van der Waals surface area (Å²) in [5.41, 5.74) is 1.03. The van der Waals surface area contributed by atoms with Crippen LogP contribution in [0, 0.1) is 3.57 Å². The quantitative estimate of drug-likeness (QED) is 0.577. The van der Waals surface area contributed by atoms with Gasteiger partial charge in [-0.15, -0.1) is 0 Å². The van der Waals surface area contributed by atoms with E-state index in [9.17, 15) is 4.79 Å². The highest BCUT2D eigenvalue weighted by Crippen LogP contribution is 2.25. The van der Waals surface area contributed by atoms with Crippen LogP contribution in [0.1, 0.15) is 12.5 Å². The molecule has 0 atom stereocenters. The van der Waals surface area contributed by atoms with E-state index in [0.717, 1.165) is 14.9 Å². The van der Waals surface area contributed by atoms with Crippen molar-refractivity contribution in [3.05, 3.63) is 27.3 Å². The van der Waals surface area contributed by atoms with E-state index in [1.165, 1.54) is 0 Å². The third-order valence-electron chi connectivity index (χ3n) is 1.88. The number of carbonyl (C=O) groups is 1. The molecule has 0 bridgehead atoms. The molecule has 0 aliphatic rings. The van der Waals surface area contributed by atoms with Gasteiger partial charge in [-0.25, -0.2) is 0 Å². The van der Waals surface area contributed by atoms with Crippen molar-refractivity contribution in [2.75, 3.05) is 11.9 Å². The molecule has 0 aromatic heterocycles. The van der Waals surface area contributed by atoms with Gasteiger partial charge in [-0.3, -0.25) is 4.79 Å². The number of carbonyl (C=O) groups excluding carboxylic acids is 1. The van der Waals surface area contributed by atoms with Crippen LogP contribution in [-0.4, -0.2) is 17.7 Å². The number of rotatable bonds is 5. The van der Waals surface area contributed by atoms with Crippen LogP contribution in [-0.2, 0) is 11.2 Å². The smallest absolute Gasteiger partial charge is 0.147 e. The van der Waals surface area contributed by atoms with E-state index in [1.807, 2.05) is 25.1 Å². The number of ether oxygens (including phenoxy) is 1. The first-order valence-electron chi connectivity index (χ1n) is 4.66. The van der Waals surface area contributed by atoms with Gasteiger partial charge in [-0.2, -0.15) is 0 Å². The first-order valence-corrected chi connectivity index (χ1v) is 6.87. The van der Waals surface area contributed by atoms with E-state index in [-0.39, 0.29) is 5.78 Å². The Labute approximate surface area is 112 Å². The Balaban J connectivity index is 2.88. The van der Waals surface area contributed by atoms with Gasteiger partial charge in [0.15, 0.2) is 0 Å². The number of benzene rings is 1. The van der Waals surface area contributed by atoms with Gasteiger partial charge in [0.1, 0.15) is 11.5 Å². The van der Waals surface area contributed by atoms with E-state index in [1.54, 1.807) is 0 Å². The summed E-state index contributed by atoms with van der Waals surface area (Å²) in [5, 5.41) is 0.405. The molecule has 0 aliphatic carbocycles. The average molecular weight is 383 g/mol. The molecule has 2 nitrogen and oxygen atoms in total. The van der Waals surface area contributed by atoms with Crippen LogP contribution in [0.5, 0.6) is 5.75 Å². The van der Waals surface area contributed by atoms with Gasteiger partial charge in [-0.1, -0.05) is 28.1 Å². The van der Waals surface area contributed by atoms with Crippen molar-refractivity contribution in [1.82, 2.24) is 0 Å². The fourth-order valence-electron chi connectivity index (χ4n) is 1.22. The van der Waals surface area contributed by atoms with E-state index in [4.69, 9.17) is 4.74 Å². The Morgan fingerprint density at radius 1 is 1.53 bits per heavy atom. The molecule has 0 unspecified atom stereocenters.